The average Bonchev–Trinajstić information content (AvgIpc) is 1.96. The first-order valence-corrected chi connectivity index (χ1v) is 3.62. The van der Waals surface area contributed by atoms with E-state index in [1.165, 1.54) is 6.92 Å². The van der Waals surface area contributed by atoms with Crippen LogP contribution in [0.1, 0.15) is 17.3 Å². The van der Waals surface area contributed by atoms with Crippen LogP contribution in [0.15, 0.2) is 12.1 Å². The fourth-order valence-corrected chi connectivity index (χ4v) is 1.11. The van der Waals surface area contributed by atoms with Gasteiger partial charge in [0.2, 0.25) is 0 Å². The summed E-state index contributed by atoms with van der Waals surface area (Å²) in [5.74, 6) is -0.926. The number of hydrogen-bond acceptors (Lipinski definition) is 3. The molecule has 0 saturated carbocycles. The number of carbonyl (C=O) groups excluding carboxylic acids is 1. The fraction of sp³-hybridized carbons (Fsp3) is 0.125. The Morgan fingerprint density at radius 2 is 1.83 bits per heavy atom. The van der Waals surface area contributed by atoms with Crippen molar-refractivity contribution in [3.63, 3.8) is 0 Å². The minimum Gasteiger partial charge on any atom is -0.504 e. The highest BCUT2D eigenvalue weighted by Crippen LogP contribution is 2.31. The van der Waals surface area contributed by atoms with Crippen molar-refractivity contribution in [2.24, 2.45) is 0 Å². The molecular weight excluding hydrogens is 180 g/mol. The number of rotatable bonds is 1. The predicted molar refractivity (Wildman–Crippen MR) is 44.8 cm³/mol. The second-order valence-corrected chi connectivity index (χ2v) is 2.78. The summed E-state index contributed by atoms with van der Waals surface area (Å²) in [5, 5.41) is 18.1. The largest absolute Gasteiger partial charge is 0.504 e. The van der Waals surface area contributed by atoms with Crippen molar-refractivity contribution in [1.29, 1.82) is 0 Å². The first-order chi connectivity index (χ1) is 5.52. The molecule has 0 aliphatic rings. The second-order valence-electron chi connectivity index (χ2n) is 2.38. The van der Waals surface area contributed by atoms with E-state index < -0.39 is 0 Å². The van der Waals surface area contributed by atoms with Gasteiger partial charge in [0.25, 0.3) is 0 Å². The molecule has 0 aromatic heterocycles. The van der Waals surface area contributed by atoms with Gasteiger partial charge in [-0.1, -0.05) is 11.6 Å². The van der Waals surface area contributed by atoms with E-state index in [1.54, 1.807) is 0 Å². The summed E-state index contributed by atoms with van der Waals surface area (Å²) in [7, 11) is 0. The predicted octanol–water partition coefficient (Wildman–Crippen LogP) is 1.95. The van der Waals surface area contributed by atoms with E-state index in [2.05, 4.69) is 0 Å². The third kappa shape index (κ3) is 1.51. The lowest BCUT2D eigenvalue weighted by atomic mass is 10.1. The summed E-state index contributed by atoms with van der Waals surface area (Å²) in [6.07, 6.45) is 0. The number of halogens is 1. The molecule has 0 bridgehead atoms. The minimum atomic E-state index is -0.343. The maximum Gasteiger partial charge on any atom is 0.161 e. The highest BCUT2D eigenvalue weighted by Gasteiger charge is 2.09. The Hall–Kier alpha value is -1.22. The summed E-state index contributed by atoms with van der Waals surface area (Å²) in [5.41, 5.74) is 0.201. The number of carbonyl (C=O) groups is 1. The van der Waals surface area contributed by atoms with Crippen LogP contribution in [0.25, 0.3) is 0 Å². The van der Waals surface area contributed by atoms with Gasteiger partial charge in [0, 0.05) is 11.6 Å². The molecule has 0 aliphatic heterocycles. The molecule has 0 atom stereocenters. The van der Waals surface area contributed by atoms with Gasteiger partial charge in [-0.15, -0.1) is 0 Å². The zero-order chi connectivity index (χ0) is 9.30. The van der Waals surface area contributed by atoms with Crippen LogP contribution in [0.2, 0.25) is 5.02 Å². The van der Waals surface area contributed by atoms with Crippen LogP contribution in [0, 0.1) is 0 Å². The molecule has 0 aliphatic carbocycles. The van der Waals surface area contributed by atoms with Crippen molar-refractivity contribution < 1.29 is 15.0 Å². The first kappa shape index (κ1) is 8.87. The highest BCUT2D eigenvalue weighted by molar-refractivity contribution is 6.34. The number of ketones is 1. The molecule has 4 heteroatoms. The molecule has 0 saturated heterocycles. The van der Waals surface area contributed by atoms with Crippen LogP contribution in [0.3, 0.4) is 0 Å². The van der Waals surface area contributed by atoms with E-state index in [-0.39, 0.29) is 27.9 Å². The lowest BCUT2D eigenvalue weighted by Gasteiger charge is -2.02. The maximum absolute atomic E-state index is 10.9. The summed E-state index contributed by atoms with van der Waals surface area (Å²) in [6.45, 7) is 1.33. The molecule has 0 fully saturated rings. The number of aromatic hydroxyl groups is 2. The first-order valence-electron chi connectivity index (χ1n) is 3.25. The van der Waals surface area contributed by atoms with Crippen molar-refractivity contribution in [3.8, 4) is 11.5 Å². The summed E-state index contributed by atoms with van der Waals surface area (Å²) >= 11 is 5.60. The summed E-state index contributed by atoms with van der Waals surface area (Å²) < 4.78 is 0. The van der Waals surface area contributed by atoms with E-state index in [4.69, 9.17) is 21.8 Å². The van der Waals surface area contributed by atoms with Crippen molar-refractivity contribution in [3.05, 3.63) is 22.7 Å². The molecule has 2 N–H and O–H groups in total. The van der Waals surface area contributed by atoms with Gasteiger partial charge >= 0.3 is 0 Å². The number of benzene rings is 1. The maximum atomic E-state index is 10.9. The van der Waals surface area contributed by atoms with Crippen LogP contribution < -0.4 is 0 Å². The van der Waals surface area contributed by atoms with Gasteiger partial charge in [-0.3, -0.25) is 4.79 Å². The monoisotopic (exact) mass is 186 g/mol. The van der Waals surface area contributed by atoms with Crippen LogP contribution in [-0.4, -0.2) is 16.0 Å². The zero-order valence-electron chi connectivity index (χ0n) is 6.34. The molecule has 64 valence electrons. The topological polar surface area (TPSA) is 57.5 Å². The number of phenols is 2. The molecule has 0 heterocycles. The molecule has 0 amide bonds. The molecule has 0 unspecified atom stereocenters. The van der Waals surface area contributed by atoms with Gasteiger partial charge in [0.05, 0.1) is 5.02 Å². The molecule has 0 spiro atoms. The van der Waals surface area contributed by atoms with E-state index in [0.717, 1.165) is 12.1 Å². The highest BCUT2D eigenvalue weighted by atomic mass is 35.5. The van der Waals surface area contributed by atoms with Crippen molar-refractivity contribution in [2.75, 3.05) is 0 Å². The van der Waals surface area contributed by atoms with E-state index in [1.807, 2.05) is 0 Å². The summed E-state index contributed by atoms with van der Waals surface area (Å²) in [4.78, 5) is 10.9. The van der Waals surface area contributed by atoms with Gasteiger partial charge in [0.15, 0.2) is 17.3 Å². The minimum absolute atomic E-state index is 0.137. The standard InChI is InChI=1S/C8H7ClO3/c1-4(10)5-2-7(11)8(12)3-6(5)9/h2-3,11-12H,1H3. The Morgan fingerprint density at radius 3 is 2.33 bits per heavy atom. The lowest BCUT2D eigenvalue weighted by Crippen LogP contribution is -1.92. The lowest BCUT2D eigenvalue weighted by molar-refractivity contribution is 0.101. The Kier molecular flexibility index (Phi) is 2.24. The second kappa shape index (κ2) is 3.03. The Bertz CT molecular complexity index is 333. The molecular formula is C8H7ClO3. The van der Waals surface area contributed by atoms with Gasteiger partial charge < -0.3 is 10.2 Å². The summed E-state index contributed by atoms with van der Waals surface area (Å²) in [6, 6.07) is 2.27. The van der Waals surface area contributed by atoms with Crippen LogP contribution >= 0.6 is 11.6 Å². The third-order valence-electron chi connectivity index (χ3n) is 1.44. The molecule has 3 nitrogen and oxygen atoms in total. The van der Waals surface area contributed by atoms with Gasteiger partial charge in [-0.2, -0.15) is 0 Å². The van der Waals surface area contributed by atoms with Gasteiger partial charge in [-0.05, 0) is 13.0 Å². The quantitative estimate of drug-likeness (QED) is 0.521. The van der Waals surface area contributed by atoms with Crippen molar-refractivity contribution >= 4 is 17.4 Å². The normalized spacial score (nSPS) is 9.83. The fourth-order valence-electron chi connectivity index (χ4n) is 0.821. The average molecular weight is 187 g/mol. The Morgan fingerprint density at radius 1 is 1.33 bits per heavy atom. The van der Waals surface area contributed by atoms with Crippen LogP contribution in [-0.2, 0) is 0 Å². The van der Waals surface area contributed by atoms with E-state index in [0.29, 0.717) is 0 Å². The van der Waals surface area contributed by atoms with Gasteiger partial charge in [0.1, 0.15) is 0 Å². The molecule has 1 aromatic carbocycles. The zero-order valence-corrected chi connectivity index (χ0v) is 7.09. The smallest absolute Gasteiger partial charge is 0.161 e. The molecule has 12 heavy (non-hydrogen) atoms. The molecule has 1 rings (SSSR count). The van der Waals surface area contributed by atoms with Crippen molar-refractivity contribution in [1.82, 2.24) is 0 Å². The number of phenolic OH excluding ortho intramolecular Hbond substituents is 2. The van der Waals surface area contributed by atoms with E-state index >= 15 is 0 Å². The van der Waals surface area contributed by atoms with E-state index in [9.17, 15) is 4.79 Å². The Balaban J connectivity index is 3.33. The molecule has 0 radical (unpaired) electrons. The van der Waals surface area contributed by atoms with Gasteiger partial charge in [-0.25, -0.2) is 0 Å². The van der Waals surface area contributed by atoms with Crippen molar-refractivity contribution in [2.45, 2.75) is 6.92 Å². The number of Topliss-reactive ketones (excluding diaryl/α,β-unsaturated/α-hetero) is 1. The SMILES string of the molecule is CC(=O)c1cc(O)c(O)cc1Cl. The Labute approximate surface area is 74.2 Å². The number of hydrogen-bond donors (Lipinski definition) is 2. The van der Waals surface area contributed by atoms with Crippen LogP contribution in [0.4, 0.5) is 0 Å². The molecule has 1 aromatic rings. The third-order valence-corrected chi connectivity index (χ3v) is 1.76. The van der Waals surface area contributed by atoms with Crippen LogP contribution in [0.5, 0.6) is 11.5 Å².